The van der Waals surface area contributed by atoms with Crippen molar-refractivity contribution in [2.45, 2.75) is 202 Å². The standard InChI is InChI=1S/C30H48N2O5.C25H34N2O6S/c1-6-7-18-31-25(33)28-12-15-29(16-13-28,17-14-28)26(34)32-21-10-11-30(19-36-30)24(23(21)35-5)27(4)22(37-27)9-8-20(2)3;1-15(2)8-9-19-24(3,33-19)22-21(30-4)18(10-11-25(22)14-31-25)32-23(29)27-20(28)13-34-17-7-5-6-16(26)12-17/h8,21-24H,6-7,9-19H2,1-5H3,(H,31,33)(H,32,34);5-8,12,18-19,21-22H,9-11,13-14,26H2,1-4H3,(H,27,28,29)/t21-,22-,23-,24-,27?,28?,29?,30+;18-,19-,21-,22-,24?,25+/m11/s1. The first-order valence-electron chi connectivity index (χ1n) is 26.3. The Morgan fingerprint density at radius 2 is 1.31 bits per heavy atom. The van der Waals surface area contributed by atoms with Crippen LogP contribution in [0.25, 0.3) is 0 Å². The number of hydrogen-bond acceptors (Lipinski definition) is 13. The van der Waals surface area contributed by atoms with Gasteiger partial charge in [-0.15, -0.1) is 11.8 Å². The molecule has 2 unspecified atom stereocenters. The molecule has 16 heteroatoms. The number of amides is 4. The Morgan fingerprint density at radius 3 is 1.82 bits per heavy atom. The first-order chi connectivity index (χ1) is 33.8. The molecular formula is C55H82N4O11S. The molecule has 10 rings (SSSR count). The Balaban J connectivity index is 0.000000191. The van der Waals surface area contributed by atoms with E-state index in [9.17, 15) is 19.2 Å². The lowest BCUT2D eigenvalue weighted by Gasteiger charge is -2.52. The quantitative estimate of drug-likeness (QED) is 0.0361. The topological polar surface area (TPSA) is 208 Å². The largest absolute Gasteiger partial charge is 0.443 e. The van der Waals surface area contributed by atoms with Crippen LogP contribution in [0, 0.1) is 22.7 Å². The van der Waals surface area contributed by atoms with Crippen LogP contribution in [-0.4, -0.2) is 123 Å². The molecule has 9 fully saturated rings. The van der Waals surface area contributed by atoms with Crippen LogP contribution in [0.1, 0.15) is 138 Å². The van der Waals surface area contributed by atoms with Crippen LogP contribution >= 0.6 is 11.8 Å². The summed E-state index contributed by atoms with van der Waals surface area (Å²) in [5, 5.41) is 8.95. The lowest BCUT2D eigenvalue weighted by Crippen LogP contribution is -2.62. The van der Waals surface area contributed by atoms with E-state index in [1.165, 1.54) is 22.9 Å². The Labute approximate surface area is 425 Å². The fourth-order valence-corrected chi connectivity index (χ4v) is 13.8. The smallest absolute Gasteiger partial charge is 0.414 e. The molecule has 2 spiro atoms. The van der Waals surface area contributed by atoms with Crippen LogP contribution in [0.5, 0.6) is 0 Å². The average Bonchev–Trinajstić information content (AvgIpc) is 4.24. The molecule has 5 N–H and O–H groups in total. The summed E-state index contributed by atoms with van der Waals surface area (Å²) in [6, 6.07) is 7.18. The van der Waals surface area contributed by atoms with Gasteiger partial charge in [-0.25, -0.2) is 4.79 Å². The number of thioether (sulfide) groups is 1. The number of alkyl carbamates (subject to hydrolysis) is 1. The van der Waals surface area contributed by atoms with E-state index in [2.05, 4.69) is 76.6 Å². The lowest BCUT2D eigenvalue weighted by molar-refractivity contribution is -0.153. The maximum Gasteiger partial charge on any atom is 0.414 e. The molecular weight excluding hydrogens is 925 g/mol. The van der Waals surface area contributed by atoms with Crippen LogP contribution in [0.2, 0.25) is 0 Å². The molecule has 9 aliphatic rings. The second-order valence-corrected chi connectivity index (χ2v) is 23.9. The van der Waals surface area contributed by atoms with Gasteiger partial charge in [0.2, 0.25) is 17.7 Å². The van der Waals surface area contributed by atoms with E-state index in [0.29, 0.717) is 18.7 Å². The highest BCUT2D eigenvalue weighted by Crippen LogP contribution is 2.62. The van der Waals surface area contributed by atoms with E-state index < -0.39 is 23.7 Å². The number of anilines is 1. The van der Waals surface area contributed by atoms with Crippen molar-refractivity contribution < 1.29 is 52.3 Å². The van der Waals surface area contributed by atoms with Gasteiger partial charge in [-0.3, -0.25) is 19.7 Å². The van der Waals surface area contributed by atoms with E-state index in [0.717, 1.165) is 102 Å². The fourth-order valence-electron chi connectivity index (χ4n) is 13.0. The number of epoxide rings is 4. The van der Waals surface area contributed by atoms with Gasteiger partial charge in [0.25, 0.3) is 0 Å². The van der Waals surface area contributed by atoms with E-state index in [-0.39, 0.29) is 87.5 Å². The Bertz CT molecular complexity index is 2160. The van der Waals surface area contributed by atoms with E-state index >= 15 is 0 Å². The number of nitrogen functional groups attached to an aromatic ring is 1. The van der Waals surface area contributed by atoms with Crippen LogP contribution in [-0.2, 0) is 47.5 Å². The van der Waals surface area contributed by atoms with Crippen molar-refractivity contribution in [3.63, 3.8) is 0 Å². The zero-order valence-electron chi connectivity index (χ0n) is 43.8. The molecule has 5 saturated carbocycles. The van der Waals surface area contributed by atoms with Crippen LogP contribution in [0.3, 0.4) is 0 Å². The molecule has 394 valence electrons. The Morgan fingerprint density at radius 1 is 0.775 bits per heavy atom. The van der Waals surface area contributed by atoms with Crippen molar-refractivity contribution in [1.29, 1.82) is 0 Å². The van der Waals surface area contributed by atoms with Crippen molar-refractivity contribution in [2.75, 3.05) is 45.5 Å². The third-order valence-corrected chi connectivity index (χ3v) is 18.6. The van der Waals surface area contributed by atoms with Gasteiger partial charge in [0, 0.05) is 48.1 Å². The number of fused-ring (bicyclic) bond motifs is 3. The summed E-state index contributed by atoms with van der Waals surface area (Å²) < 4.78 is 42.2. The zero-order chi connectivity index (χ0) is 51.0. The Hall–Kier alpha value is -3.51. The highest BCUT2D eigenvalue weighted by molar-refractivity contribution is 8.00. The maximum absolute atomic E-state index is 13.8. The van der Waals surface area contributed by atoms with Gasteiger partial charge in [0.15, 0.2) is 0 Å². The second kappa shape index (κ2) is 21.4. The lowest BCUT2D eigenvalue weighted by atomic mass is 9.53. The van der Waals surface area contributed by atoms with Gasteiger partial charge in [0.05, 0.1) is 54.8 Å². The number of ether oxygens (including phenoxy) is 7. The number of methoxy groups -OCH3 is 2. The summed E-state index contributed by atoms with van der Waals surface area (Å²) in [6.07, 6.45) is 14.7. The SMILES string of the molecule is CCCCNC(=O)C12CCC(C(=O)N[C@@H]3CC[C@]4(CO4)[C@@H](C4(C)O[C@@H]4CC=C(C)C)[C@@H]3OC)(CC1)CC2.CO[C@H]1[C@H](C2(C)O[C@@H]2CC=C(C)C)[C@]2(CC[C@H]1OC(=O)NC(=O)CSc1cccc(N)c1)CO2. The molecule has 4 heterocycles. The number of rotatable bonds is 18. The van der Waals surface area contributed by atoms with Crippen molar-refractivity contribution in [1.82, 2.24) is 16.0 Å². The first-order valence-corrected chi connectivity index (χ1v) is 27.3. The predicted octanol–water partition coefficient (Wildman–Crippen LogP) is 8.13. The molecule has 0 radical (unpaired) electrons. The predicted molar refractivity (Wildman–Crippen MR) is 271 cm³/mol. The molecule has 71 heavy (non-hydrogen) atoms. The van der Waals surface area contributed by atoms with Gasteiger partial charge in [0.1, 0.15) is 29.0 Å². The third kappa shape index (κ3) is 11.4. The molecule has 2 bridgehead atoms. The minimum Gasteiger partial charge on any atom is -0.443 e. The molecule has 0 aromatic heterocycles. The van der Waals surface area contributed by atoms with Gasteiger partial charge in [-0.2, -0.15) is 0 Å². The molecule has 15 nitrogen and oxygen atoms in total. The highest BCUT2D eigenvalue weighted by Gasteiger charge is 2.73. The van der Waals surface area contributed by atoms with Gasteiger partial charge < -0.3 is 49.5 Å². The number of nitrogens with two attached hydrogens (primary N) is 1. The van der Waals surface area contributed by atoms with Gasteiger partial charge >= 0.3 is 6.09 Å². The number of carbonyl (C=O) groups excluding carboxylic acids is 4. The molecule has 1 aromatic rings. The van der Waals surface area contributed by atoms with Crippen molar-refractivity contribution in [3.05, 3.63) is 47.6 Å². The first kappa shape index (κ1) is 53.8. The molecule has 1 aromatic carbocycles. The number of carbonyl (C=O) groups is 4. The number of nitrogens with one attached hydrogen (secondary N) is 3. The number of unbranched alkanes of at least 4 members (excludes halogenated alkanes) is 1. The summed E-state index contributed by atoms with van der Waals surface area (Å²) in [6.45, 7) is 17.0. The van der Waals surface area contributed by atoms with Crippen molar-refractivity contribution in [3.8, 4) is 0 Å². The molecule has 12 atom stereocenters. The Kier molecular flexibility index (Phi) is 16.2. The van der Waals surface area contributed by atoms with E-state index in [1.54, 1.807) is 26.4 Å². The number of allylic oxidation sites excluding steroid dienone is 2. The van der Waals surface area contributed by atoms with E-state index in [1.807, 2.05) is 12.1 Å². The molecule has 4 saturated heterocycles. The maximum atomic E-state index is 13.8. The second-order valence-electron chi connectivity index (χ2n) is 22.9. The third-order valence-electron chi connectivity index (χ3n) is 17.6. The number of imide groups is 1. The number of benzene rings is 1. The summed E-state index contributed by atoms with van der Waals surface area (Å²) >= 11 is 1.30. The monoisotopic (exact) mass is 1010 g/mol. The minimum atomic E-state index is -0.764. The van der Waals surface area contributed by atoms with Crippen LogP contribution < -0.4 is 21.7 Å². The van der Waals surface area contributed by atoms with Gasteiger partial charge in [-0.05, 0) is 143 Å². The summed E-state index contributed by atoms with van der Waals surface area (Å²) in [7, 11) is 3.39. The van der Waals surface area contributed by atoms with E-state index in [4.69, 9.17) is 38.9 Å². The molecule has 5 aliphatic carbocycles. The summed E-state index contributed by atoms with van der Waals surface area (Å²) in [5.74, 6) is 0.0400. The minimum absolute atomic E-state index is 0.0530. The average molecular weight is 1010 g/mol. The van der Waals surface area contributed by atoms with Gasteiger partial charge in [-0.1, -0.05) is 42.7 Å². The van der Waals surface area contributed by atoms with Crippen molar-refractivity contribution >= 4 is 41.3 Å². The molecule has 4 amide bonds. The normalized spacial score (nSPS) is 39.0. The summed E-state index contributed by atoms with van der Waals surface area (Å²) in [4.78, 5) is 52.5. The highest BCUT2D eigenvalue weighted by atomic mass is 32.2. The van der Waals surface area contributed by atoms with Crippen LogP contribution in [0.15, 0.2) is 52.5 Å². The summed E-state index contributed by atoms with van der Waals surface area (Å²) in [5.41, 5.74) is 7.12. The fraction of sp³-hybridized carbons (Fsp3) is 0.745. The number of hydrogen-bond donors (Lipinski definition) is 4. The zero-order valence-corrected chi connectivity index (χ0v) is 44.6. The molecule has 4 aliphatic heterocycles. The van der Waals surface area contributed by atoms with Crippen LogP contribution in [0.4, 0.5) is 10.5 Å². The van der Waals surface area contributed by atoms with Crippen molar-refractivity contribution in [2.24, 2.45) is 22.7 Å².